The quantitative estimate of drug-likeness (QED) is 0.357. The van der Waals surface area contributed by atoms with E-state index >= 15 is 0 Å². The van der Waals surface area contributed by atoms with E-state index in [1.165, 1.54) is 6.92 Å². The fourth-order valence-electron chi connectivity index (χ4n) is 5.37. The Hall–Kier alpha value is -3.48. The molecule has 3 N–H and O–H groups in total. The molecule has 3 aromatic carbocycles. The zero-order valence-corrected chi connectivity index (χ0v) is 23.0. The van der Waals surface area contributed by atoms with Gasteiger partial charge in [0.25, 0.3) is 0 Å². The SMILES string of the molecule is Cc1cccc(NC(=O)C2C(=O)CC(C)(O)C(C(=O)Nc3cccc(C)c3C)C2c2ccc(Cl)cc2)c1C. The summed E-state index contributed by atoms with van der Waals surface area (Å²) < 4.78 is 0. The average Bonchev–Trinajstić information content (AvgIpc) is 2.84. The van der Waals surface area contributed by atoms with Crippen LogP contribution in [0.3, 0.4) is 0 Å². The van der Waals surface area contributed by atoms with Crippen molar-refractivity contribution < 1.29 is 19.5 Å². The number of benzene rings is 3. The Balaban J connectivity index is 1.79. The number of carbonyl (C=O) groups excluding carboxylic acids is 3. The van der Waals surface area contributed by atoms with Gasteiger partial charge >= 0.3 is 0 Å². The highest BCUT2D eigenvalue weighted by Crippen LogP contribution is 2.47. The zero-order valence-electron chi connectivity index (χ0n) is 22.3. The Labute approximate surface area is 228 Å². The number of halogens is 1. The largest absolute Gasteiger partial charge is 0.389 e. The van der Waals surface area contributed by atoms with Crippen LogP contribution in [0.25, 0.3) is 0 Å². The molecule has 0 spiro atoms. The molecule has 0 aliphatic heterocycles. The van der Waals surface area contributed by atoms with Crippen LogP contribution in [0.4, 0.5) is 11.4 Å². The van der Waals surface area contributed by atoms with E-state index in [0.717, 1.165) is 22.3 Å². The Bertz CT molecular complexity index is 1400. The van der Waals surface area contributed by atoms with Crippen LogP contribution in [0, 0.1) is 39.5 Å². The lowest BCUT2D eigenvalue weighted by atomic mass is 9.61. The van der Waals surface area contributed by atoms with E-state index < -0.39 is 41.0 Å². The molecule has 1 saturated carbocycles. The number of aliphatic hydroxyl groups is 1. The van der Waals surface area contributed by atoms with Crippen molar-refractivity contribution in [3.05, 3.63) is 93.5 Å². The summed E-state index contributed by atoms with van der Waals surface area (Å²) in [7, 11) is 0. The molecule has 7 heteroatoms. The van der Waals surface area contributed by atoms with Crippen molar-refractivity contribution in [2.75, 3.05) is 10.6 Å². The number of anilines is 2. The molecule has 2 amide bonds. The van der Waals surface area contributed by atoms with Gasteiger partial charge in [-0.25, -0.2) is 0 Å². The predicted molar refractivity (Wildman–Crippen MR) is 151 cm³/mol. The fourth-order valence-corrected chi connectivity index (χ4v) is 5.50. The summed E-state index contributed by atoms with van der Waals surface area (Å²) in [5.74, 6) is -4.59. The molecule has 198 valence electrons. The van der Waals surface area contributed by atoms with E-state index in [9.17, 15) is 19.5 Å². The number of nitrogens with one attached hydrogen (secondary N) is 2. The number of rotatable bonds is 5. The standard InChI is InChI=1S/C31H33ClN2O4/c1-17-8-6-10-23(19(17)3)33-29(36)27-25(35)16-31(5,38)28(26(27)21-12-14-22(32)15-13-21)30(37)34-24-11-7-9-18(2)20(24)4/h6-15,26-28,38H,16H2,1-5H3,(H,33,36)(H,34,37). The summed E-state index contributed by atoms with van der Waals surface area (Å²) in [5.41, 5.74) is 3.92. The highest BCUT2D eigenvalue weighted by molar-refractivity contribution is 6.30. The number of hydrogen-bond donors (Lipinski definition) is 3. The first-order valence-electron chi connectivity index (χ1n) is 12.7. The van der Waals surface area contributed by atoms with Crippen LogP contribution >= 0.6 is 11.6 Å². The second-order valence-electron chi connectivity index (χ2n) is 10.5. The maximum Gasteiger partial charge on any atom is 0.235 e. The minimum atomic E-state index is -1.68. The van der Waals surface area contributed by atoms with Crippen LogP contribution in [0.5, 0.6) is 0 Å². The molecule has 38 heavy (non-hydrogen) atoms. The fraction of sp³-hybridized carbons (Fsp3) is 0.323. The minimum Gasteiger partial charge on any atom is -0.389 e. The topological polar surface area (TPSA) is 95.5 Å². The number of carbonyl (C=O) groups is 3. The first kappa shape index (κ1) is 27.6. The molecule has 3 aromatic rings. The predicted octanol–water partition coefficient (Wildman–Crippen LogP) is 5.89. The molecule has 1 aliphatic carbocycles. The van der Waals surface area contributed by atoms with Gasteiger partial charge in [0.15, 0.2) is 0 Å². The van der Waals surface area contributed by atoms with Gasteiger partial charge < -0.3 is 15.7 Å². The Morgan fingerprint density at radius 1 is 0.842 bits per heavy atom. The zero-order chi connectivity index (χ0) is 27.8. The molecule has 4 unspecified atom stereocenters. The van der Waals surface area contributed by atoms with Gasteiger partial charge in [-0.1, -0.05) is 48.0 Å². The highest BCUT2D eigenvalue weighted by atomic mass is 35.5. The van der Waals surface area contributed by atoms with Crippen LogP contribution < -0.4 is 10.6 Å². The molecule has 1 aliphatic rings. The maximum absolute atomic E-state index is 13.9. The first-order valence-corrected chi connectivity index (χ1v) is 13.0. The smallest absolute Gasteiger partial charge is 0.235 e. The second kappa shape index (κ2) is 10.7. The number of ketones is 1. The lowest BCUT2D eigenvalue weighted by molar-refractivity contribution is -0.150. The van der Waals surface area contributed by atoms with E-state index in [-0.39, 0.29) is 6.42 Å². The van der Waals surface area contributed by atoms with E-state index in [2.05, 4.69) is 10.6 Å². The molecule has 4 atom stereocenters. The van der Waals surface area contributed by atoms with Crippen molar-refractivity contribution >= 4 is 40.6 Å². The summed E-state index contributed by atoms with van der Waals surface area (Å²) in [6.07, 6.45) is -0.327. The summed E-state index contributed by atoms with van der Waals surface area (Å²) in [5, 5.41) is 17.9. The van der Waals surface area contributed by atoms with E-state index in [4.69, 9.17) is 11.6 Å². The summed E-state index contributed by atoms with van der Waals surface area (Å²) in [4.78, 5) is 41.1. The van der Waals surface area contributed by atoms with Crippen molar-refractivity contribution in [1.29, 1.82) is 0 Å². The Kier molecular flexibility index (Phi) is 7.77. The van der Waals surface area contributed by atoms with Crippen molar-refractivity contribution in [3.8, 4) is 0 Å². The number of amides is 2. The highest BCUT2D eigenvalue weighted by Gasteiger charge is 2.56. The van der Waals surface area contributed by atoms with Crippen molar-refractivity contribution in [2.45, 2.75) is 52.6 Å². The average molecular weight is 533 g/mol. The van der Waals surface area contributed by atoms with Gasteiger partial charge in [-0.15, -0.1) is 0 Å². The van der Waals surface area contributed by atoms with Crippen molar-refractivity contribution in [2.24, 2.45) is 11.8 Å². The van der Waals surface area contributed by atoms with Crippen molar-refractivity contribution in [3.63, 3.8) is 0 Å². The molecule has 4 rings (SSSR count). The van der Waals surface area contributed by atoms with Gasteiger partial charge in [0.2, 0.25) is 11.8 Å². The molecule has 0 heterocycles. The third-order valence-corrected chi connectivity index (χ3v) is 8.06. The molecule has 6 nitrogen and oxygen atoms in total. The summed E-state index contributed by atoms with van der Waals surface area (Å²) in [6.45, 7) is 9.18. The Morgan fingerprint density at radius 2 is 1.34 bits per heavy atom. The van der Waals surface area contributed by atoms with Gasteiger partial charge in [-0.05, 0) is 86.7 Å². The van der Waals surface area contributed by atoms with E-state index in [1.54, 1.807) is 36.4 Å². The number of Topliss-reactive ketones (excluding diaryl/α,β-unsaturated/α-hetero) is 1. The van der Waals surface area contributed by atoms with Gasteiger partial charge in [0.05, 0.1) is 11.5 Å². The molecular formula is C31H33ClN2O4. The second-order valence-corrected chi connectivity index (χ2v) is 10.9. The summed E-state index contributed by atoms with van der Waals surface area (Å²) >= 11 is 6.14. The van der Waals surface area contributed by atoms with Gasteiger partial charge in [-0.3, -0.25) is 14.4 Å². The molecular weight excluding hydrogens is 500 g/mol. The lowest BCUT2D eigenvalue weighted by Gasteiger charge is -2.44. The molecule has 0 aromatic heterocycles. The van der Waals surface area contributed by atoms with E-state index in [1.807, 2.05) is 52.0 Å². The molecule has 1 fully saturated rings. The van der Waals surface area contributed by atoms with Crippen LogP contribution in [-0.2, 0) is 14.4 Å². The monoisotopic (exact) mass is 532 g/mol. The molecule has 0 radical (unpaired) electrons. The lowest BCUT2D eigenvalue weighted by Crippen LogP contribution is -2.56. The maximum atomic E-state index is 13.9. The van der Waals surface area contributed by atoms with Crippen LogP contribution in [-0.4, -0.2) is 28.3 Å². The Morgan fingerprint density at radius 3 is 1.87 bits per heavy atom. The van der Waals surface area contributed by atoms with Gasteiger partial charge in [0, 0.05) is 28.7 Å². The number of aryl methyl sites for hydroxylation is 2. The molecule has 0 bridgehead atoms. The molecule has 0 saturated heterocycles. The van der Waals surface area contributed by atoms with Crippen LogP contribution in [0.1, 0.15) is 47.1 Å². The summed E-state index contributed by atoms with van der Waals surface area (Å²) in [6, 6.07) is 17.9. The third kappa shape index (κ3) is 5.38. The van der Waals surface area contributed by atoms with Crippen LogP contribution in [0.2, 0.25) is 5.02 Å². The van der Waals surface area contributed by atoms with Gasteiger partial charge in [0.1, 0.15) is 11.7 Å². The normalized spacial score (nSPS) is 23.1. The third-order valence-electron chi connectivity index (χ3n) is 7.81. The van der Waals surface area contributed by atoms with Gasteiger partial charge in [-0.2, -0.15) is 0 Å². The first-order chi connectivity index (χ1) is 17.9. The minimum absolute atomic E-state index is 0.327. The number of hydrogen-bond acceptors (Lipinski definition) is 4. The van der Waals surface area contributed by atoms with Crippen molar-refractivity contribution in [1.82, 2.24) is 0 Å². The van der Waals surface area contributed by atoms with Crippen LogP contribution in [0.15, 0.2) is 60.7 Å². The van der Waals surface area contributed by atoms with E-state index in [0.29, 0.717) is 22.0 Å².